The molecule has 1 aromatic carbocycles. The zero-order chi connectivity index (χ0) is 38.8. The lowest BCUT2D eigenvalue weighted by atomic mass is 9.94. The largest absolute Gasteiger partial charge is 0.444 e. The van der Waals surface area contributed by atoms with Gasteiger partial charge in [-0.3, -0.25) is 28.8 Å². The van der Waals surface area contributed by atoms with E-state index in [1.807, 2.05) is 0 Å². The van der Waals surface area contributed by atoms with Gasteiger partial charge in [-0.15, -0.1) is 0 Å². The molecule has 0 bridgehead atoms. The molecule has 6 amide bonds. The Kier molecular flexibility index (Phi) is 11.9. The summed E-state index contributed by atoms with van der Waals surface area (Å²) in [6.07, 6.45) is 4.67. The van der Waals surface area contributed by atoms with Gasteiger partial charge in [-0.25, -0.2) is 4.79 Å². The van der Waals surface area contributed by atoms with Gasteiger partial charge in [0.15, 0.2) is 0 Å². The fourth-order valence-electron chi connectivity index (χ4n) is 8.08. The molecule has 1 heterocycles. The molecule has 6 atom stereocenters. The molecule has 14 heteroatoms. The van der Waals surface area contributed by atoms with Crippen molar-refractivity contribution in [2.75, 3.05) is 27.2 Å². The summed E-state index contributed by atoms with van der Waals surface area (Å²) in [7, 11) is 3.14. The van der Waals surface area contributed by atoms with Crippen LogP contribution < -0.4 is 21.3 Å². The van der Waals surface area contributed by atoms with Crippen LogP contribution in [0.2, 0.25) is 0 Å². The van der Waals surface area contributed by atoms with Crippen molar-refractivity contribution in [3.8, 4) is 0 Å². The third-order valence-corrected chi connectivity index (χ3v) is 11.2. The lowest BCUT2D eigenvalue weighted by Crippen LogP contribution is -2.59. The Labute approximate surface area is 311 Å². The second-order valence-electron chi connectivity index (χ2n) is 17.0. The van der Waals surface area contributed by atoms with Crippen LogP contribution in [0.5, 0.6) is 0 Å². The number of benzene rings is 1. The maximum absolute atomic E-state index is 14.3. The lowest BCUT2D eigenvalue weighted by Gasteiger charge is -2.35. The predicted octanol–water partition coefficient (Wildman–Crippen LogP) is 2.47. The zero-order valence-electron chi connectivity index (χ0n) is 32.0. The minimum Gasteiger partial charge on any atom is -0.444 e. The van der Waals surface area contributed by atoms with Gasteiger partial charge >= 0.3 is 6.09 Å². The van der Waals surface area contributed by atoms with Gasteiger partial charge in [-0.05, 0) is 74.7 Å². The van der Waals surface area contributed by atoms with E-state index in [9.17, 15) is 33.6 Å². The molecule has 0 radical (unpaired) electrons. The van der Waals surface area contributed by atoms with Crippen LogP contribution in [0.15, 0.2) is 30.3 Å². The molecule has 0 spiro atoms. The van der Waals surface area contributed by atoms with Gasteiger partial charge in [-0.1, -0.05) is 69.9 Å². The molecule has 3 aliphatic carbocycles. The van der Waals surface area contributed by atoms with Crippen molar-refractivity contribution < 1.29 is 38.3 Å². The van der Waals surface area contributed by atoms with Gasteiger partial charge in [0.05, 0.1) is 12.6 Å². The van der Waals surface area contributed by atoms with Crippen LogP contribution in [0.3, 0.4) is 0 Å². The van der Waals surface area contributed by atoms with Crippen LogP contribution >= 0.6 is 0 Å². The van der Waals surface area contributed by atoms with Crippen LogP contribution in [-0.4, -0.2) is 102 Å². The number of nitrogens with zero attached hydrogens (tertiary/aromatic N) is 2. The molecule has 1 aliphatic heterocycles. The first-order chi connectivity index (χ1) is 24.9. The quantitative estimate of drug-likeness (QED) is 0.210. The van der Waals surface area contributed by atoms with E-state index in [4.69, 9.17) is 4.74 Å². The van der Waals surface area contributed by atoms with Gasteiger partial charge in [0, 0.05) is 20.6 Å². The Morgan fingerprint density at radius 2 is 1.57 bits per heavy atom. The molecule has 3 saturated carbocycles. The molecule has 14 nitrogen and oxygen atoms in total. The second-order valence-corrected chi connectivity index (χ2v) is 17.0. The van der Waals surface area contributed by atoms with E-state index in [2.05, 4.69) is 35.1 Å². The Morgan fingerprint density at radius 3 is 2.15 bits per heavy atom. The average Bonchev–Trinajstić information content (AvgIpc) is 3.79. The number of piperidine rings is 1. The maximum Gasteiger partial charge on any atom is 0.408 e. The summed E-state index contributed by atoms with van der Waals surface area (Å²) in [5.41, 5.74) is -0.416. The molecule has 290 valence electrons. The molecule has 53 heavy (non-hydrogen) atoms. The standard InChI is InChI=1S/C39H56N6O8/c1-38(2,3)53-37(52)43-30(24-15-11-12-16-24)36(51)45-21-25-28(39(25,4)5)31(45)33(48)41-26(19-22-17-18-22)32(47)34(49)40-20-27(46)42-29(35(50)44(6)7)23-13-9-8-10-14-23/h8-10,13-14,22,24-26,28-31H,11-12,15-21H2,1-7H3,(H,40,49)(H,41,48)(H,42,46)(H,43,52)/t25?,26?,28?,29?,30-,31-/m0/s1. The fraction of sp³-hybridized carbons (Fsp3) is 0.667. The minimum absolute atomic E-state index is 0.0615. The van der Waals surface area contributed by atoms with E-state index >= 15 is 0 Å². The summed E-state index contributed by atoms with van der Waals surface area (Å²) in [5.74, 6) is -3.87. The first-order valence-corrected chi connectivity index (χ1v) is 18.9. The Balaban J connectivity index is 1.27. The molecular weight excluding hydrogens is 680 g/mol. The van der Waals surface area contributed by atoms with E-state index in [-0.39, 0.29) is 47.3 Å². The minimum atomic E-state index is -1.16. The molecule has 1 saturated heterocycles. The summed E-state index contributed by atoms with van der Waals surface area (Å²) >= 11 is 0. The number of likely N-dealkylation sites (tertiary alicyclic amines) is 1. The summed E-state index contributed by atoms with van der Waals surface area (Å²) < 4.78 is 5.50. The highest BCUT2D eigenvalue weighted by atomic mass is 16.6. The molecule has 0 aromatic heterocycles. The van der Waals surface area contributed by atoms with E-state index in [1.165, 1.54) is 4.90 Å². The molecule has 4 unspecified atom stereocenters. The van der Waals surface area contributed by atoms with Crippen LogP contribution in [0, 0.1) is 29.1 Å². The SMILES string of the molecule is CN(C)C(=O)C(NC(=O)CNC(=O)C(=O)C(CC1CC1)NC(=O)[C@@H]1C2C(CN1C(=O)[C@@H](NC(=O)OC(C)(C)C)C1CCCC1)C2(C)C)c1ccccc1. The highest BCUT2D eigenvalue weighted by Gasteiger charge is 2.70. The second kappa shape index (κ2) is 15.9. The van der Waals surface area contributed by atoms with Crippen molar-refractivity contribution in [2.24, 2.45) is 29.1 Å². The predicted molar refractivity (Wildman–Crippen MR) is 195 cm³/mol. The number of nitrogens with one attached hydrogen (secondary N) is 4. The third kappa shape index (κ3) is 9.55. The van der Waals surface area contributed by atoms with Crippen molar-refractivity contribution in [1.29, 1.82) is 0 Å². The van der Waals surface area contributed by atoms with Crippen LogP contribution in [0.25, 0.3) is 0 Å². The summed E-state index contributed by atoms with van der Waals surface area (Å²) in [6, 6.07) is 4.78. The Bertz CT molecular complexity index is 1580. The van der Waals surface area contributed by atoms with Crippen molar-refractivity contribution >= 4 is 41.4 Å². The van der Waals surface area contributed by atoms with Crippen LogP contribution in [-0.2, 0) is 33.5 Å². The van der Waals surface area contributed by atoms with Gasteiger partial charge < -0.3 is 35.8 Å². The van der Waals surface area contributed by atoms with Crippen molar-refractivity contribution in [2.45, 2.75) is 109 Å². The number of fused-ring (bicyclic) bond motifs is 1. The molecule has 4 fully saturated rings. The number of ketones is 1. The highest BCUT2D eigenvalue weighted by Crippen LogP contribution is 2.65. The molecule has 4 N–H and O–H groups in total. The molecule has 5 rings (SSSR count). The van der Waals surface area contributed by atoms with Crippen LogP contribution in [0.1, 0.15) is 91.2 Å². The van der Waals surface area contributed by atoms with Gasteiger partial charge in [-0.2, -0.15) is 0 Å². The number of carbonyl (C=O) groups excluding carboxylic acids is 7. The number of likely N-dealkylation sites (N-methyl/N-ethyl adjacent to an activating group) is 1. The van der Waals surface area contributed by atoms with Gasteiger partial charge in [0.2, 0.25) is 29.4 Å². The highest BCUT2D eigenvalue weighted by molar-refractivity contribution is 6.38. The first kappa shape index (κ1) is 39.7. The van der Waals surface area contributed by atoms with E-state index in [0.29, 0.717) is 12.1 Å². The lowest BCUT2D eigenvalue weighted by molar-refractivity contribution is -0.145. The number of carbonyl (C=O) groups is 7. The van der Waals surface area contributed by atoms with Crippen molar-refractivity contribution in [3.63, 3.8) is 0 Å². The average molecular weight is 737 g/mol. The smallest absolute Gasteiger partial charge is 0.408 e. The first-order valence-electron chi connectivity index (χ1n) is 18.9. The van der Waals surface area contributed by atoms with E-state index in [1.54, 1.807) is 70.1 Å². The summed E-state index contributed by atoms with van der Waals surface area (Å²) in [6.45, 7) is 9.13. The van der Waals surface area contributed by atoms with Crippen LogP contribution in [0.4, 0.5) is 4.79 Å². The number of hydrogen-bond acceptors (Lipinski definition) is 8. The Morgan fingerprint density at radius 1 is 0.925 bits per heavy atom. The molecular formula is C39H56N6O8. The monoisotopic (exact) mass is 736 g/mol. The number of rotatable bonds is 14. The third-order valence-electron chi connectivity index (χ3n) is 11.2. The maximum atomic E-state index is 14.3. The number of Topliss-reactive ketones (excluding diaryl/α,β-unsaturated/α-hetero) is 1. The number of alkyl carbamates (subject to hydrolysis) is 1. The van der Waals surface area contributed by atoms with E-state index < -0.39 is 65.9 Å². The normalized spacial score (nSPS) is 23.5. The van der Waals surface area contributed by atoms with Gasteiger partial charge in [0.1, 0.15) is 23.7 Å². The van der Waals surface area contributed by atoms with Gasteiger partial charge in [0.25, 0.3) is 5.91 Å². The number of ether oxygens (including phenoxy) is 1. The van der Waals surface area contributed by atoms with Crippen molar-refractivity contribution in [3.05, 3.63) is 35.9 Å². The van der Waals surface area contributed by atoms with Crippen molar-refractivity contribution in [1.82, 2.24) is 31.1 Å². The number of amides is 6. The fourth-order valence-corrected chi connectivity index (χ4v) is 8.08. The number of hydrogen-bond donors (Lipinski definition) is 4. The molecule has 4 aliphatic rings. The Hall–Kier alpha value is -4.49. The summed E-state index contributed by atoms with van der Waals surface area (Å²) in [4.78, 5) is 96.9. The zero-order valence-corrected chi connectivity index (χ0v) is 32.0. The summed E-state index contributed by atoms with van der Waals surface area (Å²) in [5, 5.41) is 10.7. The topological polar surface area (TPSA) is 183 Å². The van der Waals surface area contributed by atoms with E-state index in [0.717, 1.165) is 38.5 Å². The molecule has 1 aromatic rings.